The van der Waals surface area contributed by atoms with Crippen molar-refractivity contribution in [3.8, 4) is 5.82 Å². The number of sulfonamides is 1. The quantitative estimate of drug-likeness (QED) is 0.580. The summed E-state index contributed by atoms with van der Waals surface area (Å²) in [5.41, 5.74) is -0.699. The van der Waals surface area contributed by atoms with Crippen LogP contribution in [0.25, 0.3) is 5.82 Å². The first kappa shape index (κ1) is 21.4. The van der Waals surface area contributed by atoms with Crippen molar-refractivity contribution in [1.29, 1.82) is 0 Å². The molecule has 0 saturated carbocycles. The lowest BCUT2D eigenvalue weighted by atomic mass is 10.2. The van der Waals surface area contributed by atoms with Gasteiger partial charge in [0.2, 0.25) is 15.9 Å². The second kappa shape index (κ2) is 8.59. The number of hydrogen-bond donors (Lipinski definition) is 2. The van der Waals surface area contributed by atoms with Crippen LogP contribution in [0.3, 0.4) is 0 Å². The molecule has 3 rings (SSSR count). The van der Waals surface area contributed by atoms with E-state index in [1.165, 1.54) is 23.5 Å². The third kappa shape index (κ3) is 5.39. The van der Waals surface area contributed by atoms with Gasteiger partial charge in [-0.2, -0.15) is 18.3 Å². The van der Waals surface area contributed by atoms with Crippen molar-refractivity contribution in [3.05, 3.63) is 60.8 Å². The van der Waals surface area contributed by atoms with Gasteiger partial charge in [-0.05, 0) is 30.3 Å². The van der Waals surface area contributed by atoms with Gasteiger partial charge < -0.3 is 5.32 Å². The highest BCUT2D eigenvalue weighted by Gasteiger charge is 2.31. The molecule has 2 N–H and O–H groups in total. The van der Waals surface area contributed by atoms with Crippen molar-refractivity contribution >= 4 is 21.6 Å². The molecule has 0 atom stereocenters. The second-order valence-corrected chi connectivity index (χ2v) is 7.73. The summed E-state index contributed by atoms with van der Waals surface area (Å²) in [6.07, 6.45) is -0.706. The number of carbonyl (C=O) groups excluding carboxylic acids is 1. The van der Waals surface area contributed by atoms with Gasteiger partial charge in [0, 0.05) is 13.0 Å². The molecule has 0 fully saturated rings. The first-order valence-electron chi connectivity index (χ1n) is 8.43. The van der Waals surface area contributed by atoms with Crippen LogP contribution in [0.2, 0.25) is 0 Å². The molecule has 0 spiro atoms. The molecule has 2 aromatic heterocycles. The predicted molar refractivity (Wildman–Crippen MR) is 99.0 cm³/mol. The number of anilines is 1. The Morgan fingerprint density at radius 2 is 1.97 bits per heavy atom. The zero-order chi connectivity index (χ0) is 21.8. The summed E-state index contributed by atoms with van der Waals surface area (Å²) in [7, 11) is -4.20. The molecule has 0 aliphatic rings. The summed E-state index contributed by atoms with van der Waals surface area (Å²) in [5, 5.41) is 6.45. The number of amides is 1. The van der Waals surface area contributed by atoms with Crippen LogP contribution >= 0.6 is 0 Å². The number of benzene rings is 1. The average Bonchev–Trinajstić information content (AvgIpc) is 3.23. The lowest BCUT2D eigenvalue weighted by Gasteiger charge is -2.10. The molecule has 9 nitrogen and oxygen atoms in total. The smallest absolute Gasteiger partial charge is 0.325 e. The van der Waals surface area contributed by atoms with E-state index < -0.39 is 32.6 Å². The fourth-order valence-electron chi connectivity index (χ4n) is 2.37. The van der Waals surface area contributed by atoms with E-state index in [0.29, 0.717) is 17.6 Å². The lowest BCUT2D eigenvalue weighted by molar-refractivity contribution is -0.137. The number of halogens is 3. The van der Waals surface area contributed by atoms with Crippen LogP contribution in [-0.4, -0.2) is 40.6 Å². The molecular formula is C17H15F3N6O3S. The molecule has 0 aliphatic carbocycles. The zero-order valence-electron chi connectivity index (χ0n) is 15.2. The van der Waals surface area contributed by atoms with Gasteiger partial charge in [0.25, 0.3) is 0 Å². The molecule has 30 heavy (non-hydrogen) atoms. The third-order valence-corrected chi connectivity index (χ3v) is 5.26. The number of hydrogen-bond acceptors (Lipinski definition) is 6. The van der Waals surface area contributed by atoms with Crippen LogP contribution in [0.4, 0.5) is 18.9 Å². The number of aromatic nitrogens is 4. The van der Waals surface area contributed by atoms with Gasteiger partial charge in [-0.15, -0.1) is 0 Å². The van der Waals surface area contributed by atoms with Crippen molar-refractivity contribution in [3.63, 3.8) is 0 Å². The third-order valence-electron chi connectivity index (χ3n) is 3.80. The lowest BCUT2D eigenvalue weighted by Crippen LogP contribution is -2.28. The predicted octanol–water partition coefficient (Wildman–Crippen LogP) is 1.99. The Bertz CT molecular complexity index is 1120. The van der Waals surface area contributed by atoms with Gasteiger partial charge in [0.1, 0.15) is 12.7 Å². The van der Waals surface area contributed by atoms with E-state index in [1.807, 2.05) is 0 Å². The fraction of sp³-hybridized carbons (Fsp3) is 0.176. The van der Waals surface area contributed by atoms with E-state index >= 15 is 0 Å². The fourth-order valence-corrected chi connectivity index (χ4v) is 3.44. The van der Waals surface area contributed by atoms with Crippen molar-refractivity contribution in [2.24, 2.45) is 0 Å². The maximum atomic E-state index is 12.7. The minimum atomic E-state index is -4.66. The standard InChI is InChI=1S/C17H15F3N6O3S/c18-17(19,20)12-2-1-3-14(8-12)30(28,29)24-7-6-16(27)25-13-4-5-15(22-9-13)26-11-21-10-23-26/h1-5,8-11,24H,6-7H2,(H,25,27). The van der Waals surface area contributed by atoms with Crippen molar-refractivity contribution < 1.29 is 26.4 Å². The number of alkyl halides is 3. The molecule has 0 saturated heterocycles. The molecule has 0 aliphatic heterocycles. The van der Waals surface area contributed by atoms with E-state index in [1.54, 1.807) is 12.1 Å². The van der Waals surface area contributed by atoms with Gasteiger partial charge in [-0.1, -0.05) is 6.07 Å². The monoisotopic (exact) mass is 440 g/mol. The van der Waals surface area contributed by atoms with Crippen LogP contribution in [0, 0.1) is 0 Å². The molecule has 13 heteroatoms. The largest absolute Gasteiger partial charge is 0.416 e. The minimum absolute atomic E-state index is 0.233. The SMILES string of the molecule is O=C(CCNS(=O)(=O)c1cccc(C(F)(F)F)c1)Nc1ccc(-n2cncn2)nc1. The molecule has 1 amide bonds. The highest BCUT2D eigenvalue weighted by Crippen LogP contribution is 2.30. The number of pyridine rings is 1. The van der Waals surface area contributed by atoms with Gasteiger partial charge >= 0.3 is 6.18 Å². The maximum absolute atomic E-state index is 12.7. The average molecular weight is 440 g/mol. The topological polar surface area (TPSA) is 119 Å². The van der Waals surface area contributed by atoms with Gasteiger partial charge in [0.05, 0.1) is 22.3 Å². The molecule has 2 heterocycles. The van der Waals surface area contributed by atoms with Gasteiger partial charge in [0.15, 0.2) is 5.82 Å². The molecule has 0 unspecified atom stereocenters. The normalized spacial score (nSPS) is 12.0. The summed E-state index contributed by atoms with van der Waals surface area (Å²) in [6, 6.07) is 6.52. The first-order valence-corrected chi connectivity index (χ1v) is 9.91. The van der Waals surface area contributed by atoms with Crippen LogP contribution < -0.4 is 10.0 Å². The Balaban J connectivity index is 1.54. The summed E-state index contributed by atoms with van der Waals surface area (Å²) in [5.74, 6) is -0.0172. The molecule has 1 aromatic carbocycles. The number of carbonyl (C=O) groups is 1. The molecule has 158 valence electrons. The van der Waals surface area contributed by atoms with E-state index in [0.717, 1.165) is 18.2 Å². The summed E-state index contributed by atoms with van der Waals surface area (Å²) < 4.78 is 66.1. The Morgan fingerprint density at radius 3 is 2.60 bits per heavy atom. The minimum Gasteiger partial charge on any atom is -0.325 e. The molecular weight excluding hydrogens is 425 g/mol. The van der Waals surface area contributed by atoms with E-state index in [-0.39, 0.29) is 13.0 Å². The molecule has 0 bridgehead atoms. The van der Waals surface area contributed by atoms with Crippen LogP contribution in [0.1, 0.15) is 12.0 Å². The second-order valence-electron chi connectivity index (χ2n) is 5.97. The molecule has 3 aromatic rings. The van der Waals surface area contributed by atoms with Gasteiger partial charge in [-0.3, -0.25) is 4.79 Å². The number of nitrogens with zero attached hydrogens (tertiary/aromatic N) is 4. The highest BCUT2D eigenvalue weighted by molar-refractivity contribution is 7.89. The van der Waals surface area contributed by atoms with Gasteiger partial charge in [-0.25, -0.2) is 27.8 Å². The summed E-state index contributed by atoms with van der Waals surface area (Å²) in [4.78, 5) is 19.3. The zero-order valence-corrected chi connectivity index (χ0v) is 16.0. The van der Waals surface area contributed by atoms with Crippen LogP contribution in [0.5, 0.6) is 0 Å². The Morgan fingerprint density at radius 1 is 1.17 bits per heavy atom. The number of rotatable bonds is 7. The van der Waals surface area contributed by atoms with Crippen molar-refractivity contribution in [1.82, 2.24) is 24.5 Å². The maximum Gasteiger partial charge on any atom is 0.416 e. The van der Waals surface area contributed by atoms with Crippen LogP contribution in [-0.2, 0) is 21.0 Å². The first-order chi connectivity index (χ1) is 14.1. The highest BCUT2D eigenvalue weighted by atomic mass is 32.2. The van der Waals surface area contributed by atoms with Crippen LogP contribution in [0.15, 0.2) is 60.1 Å². The van der Waals surface area contributed by atoms with Crippen molar-refractivity contribution in [2.45, 2.75) is 17.5 Å². The number of nitrogens with one attached hydrogen (secondary N) is 2. The van der Waals surface area contributed by atoms with E-state index in [2.05, 4.69) is 25.1 Å². The Kier molecular flexibility index (Phi) is 6.12. The van der Waals surface area contributed by atoms with Crippen molar-refractivity contribution in [2.75, 3.05) is 11.9 Å². The van der Waals surface area contributed by atoms with E-state index in [9.17, 15) is 26.4 Å². The van der Waals surface area contributed by atoms with E-state index in [4.69, 9.17) is 0 Å². The Hall–Kier alpha value is -3.32. The molecule has 0 radical (unpaired) electrons. The summed E-state index contributed by atoms with van der Waals surface area (Å²) >= 11 is 0. The Labute approximate surface area is 169 Å². The summed E-state index contributed by atoms with van der Waals surface area (Å²) in [6.45, 7) is -0.297.